The summed E-state index contributed by atoms with van der Waals surface area (Å²) in [6, 6.07) is 0. The Labute approximate surface area is 120 Å². The molecular weight excluding hydrogens is 258 g/mol. The maximum Gasteiger partial charge on any atom is 0.240 e. The van der Waals surface area contributed by atoms with E-state index < -0.39 is 0 Å². The molecule has 2 rings (SSSR count). The first-order valence-corrected chi connectivity index (χ1v) is 7.43. The van der Waals surface area contributed by atoms with Crippen molar-refractivity contribution in [1.29, 1.82) is 0 Å². The van der Waals surface area contributed by atoms with Gasteiger partial charge >= 0.3 is 0 Å². The summed E-state index contributed by atoms with van der Waals surface area (Å²) in [6.07, 6.45) is 3.12. The second-order valence-corrected chi connectivity index (χ2v) is 5.77. The fraction of sp³-hybridized carbons (Fsp3) is 0.857. The zero-order chi connectivity index (χ0) is 14.4. The highest BCUT2D eigenvalue weighted by Crippen LogP contribution is 2.16. The van der Waals surface area contributed by atoms with E-state index in [1.54, 1.807) is 0 Å². The van der Waals surface area contributed by atoms with E-state index in [9.17, 15) is 0 Å². The van der Waals surface area contributed by atoms with Crippen molar-refractivity contribution >= 4 is 0 Å². The highest BCUT2D eigenvalue weighted by molar-refractivity contribution is 4.88. The maximum atomic E-state index is 8.75. The fourth-order valence-corrected chi connectivity index (χ4v) is 2.45. The smallest absolute Gasteiger partial charge is 0.240 e. The molecule has 0 bridgehead atoms. The van der Waals surface area contributed by atoms with Gasteiger partial charge in [0.05, 0.1) is 25.9 Å². The van der Waals surface area contributed by atoms with E-state index in [4.69, 9.17) is 14.4 Å². The van der Waals surface area contributed by atoms with Gasteiger partial charge in [0.25, 0.3) is 0 Å². The van der Waals surface area contributed by atoms with Crippen LogP contribution in [0, 0.1) is 5.92 Å². The molecule has 20 heavy (non-hydrogen) atoms. The van der Waals surface area contributed by atoms with Crippen LogP contribution in [0.3, 0.4) is 0 Å². The lowest BCUT2D eigenvalue weighted by atomic mass is 10.1. The van der Waals surface area contributed by atoms with Gasteiger partial charge in [0, 0.05) is 19.5 Å². The monoisotopic (exact) mass is 283 g/mol. The van der Waals surface area contributed by atoms with Gasteiger partial charge in [-0.1, -0.05) is 19.0 Å². The van der Waals surface area contributed by atoms with Crippen molar-refractivity contribution in [1.82, 2.24) is 15.0 Å². The number of hydrogen-bond acceptors (Lipinski definition) is 6. The van der Waals surface area contributed by atoms with E-state index in [0.29, 0.717) is 18.4 Å². The molecule has 0 aromatic carbocycles. The summed E-state index contributed by atoms with van der Waals surface area (Å²) in [7, 11) is 0. The molecule has 0 unspecified atom stereocenters. The average Bonchev–Trinajstić information content (AvgIpc) is 2.84. The third kappa shape index (κ3) is 4.85. The second-order valence-electron chi connectivity index (χ2n) is 5.77. The second kappa shape index (κ2) is 7.71. The molecule has 0 aliphatic carbocycles. The van der Waals surface area contributed by atoms with E-state index in [1.165, 1.54) is 0 Å². The Bertz CT molecular complexity index is 387. The molecule has 0 radical (unpaired) electrons. The molecule has 0 atom stereocenters. The highest BCUT2D eigenvalue weighted by atomic mass is 16.5. The molecule has 1 aromatic rings. The fourth-order valence-electron chi connectivity index (χ4n) is 2.45. The first kappa shape index (κ1) is 15.4. The number of aliphatic hydroxyl groups excluding tert-OH is 1. The van der Waals surface area contributed by atoms with E-state index in [2.05, 4.69) is 28.9 Å². The lowest BCUT2D eigenvalue weighted by molar-refractivity contribution is -0.0104. The van der Waals surface area contributed by atoms with Crippen LogP contribution >= 0.6 is 0 Å². The molecule has 2 heterocycles. The van der Waals surface area contributed by atoms with Crippen molar-refractivity contribution in [2.45, 2.75) is 45.8 Å². The minimum Gasteiger partial charge on any atom is -0.394 e. The average molecular weight is 283 g/mol. The molecule has 0 spiro atoms. The zero-order valence-corrected chi connectivity index (χ0v) is 12.4. The minimum absolute atomic E-state index is 0.0980. The van der Waals surface area contributed by atoms with Crippen molar-refractivity contribution in [3.8, 4) is 0 Å². The Balaban J connectivity index is 1.73. The van der Waals surface area contributed by atoms with Crippen LogP contribution in [0.1, 0.15) is 38.4 Å². The minimum atomic E-state index is 0.0980. The number of aromatic nitrogens is 2. The van der Waals surface area contributed by atoms with E-state index >= 15 is 0 Å². The summed E-state index contributed by atoms with van der Waals surface area (Å²) < 4.78 is 10.8. The van der Waals surface area contributed by atoms with Gasteiger partial charge in [-0.3, -0.25) is 4.90 Å². The zero-order valence-electron chi connectivity index (χ0n) is 12.4. The topological polar surface area (TPSA) is 71.6 Å². The van der Waals surface area contributed by atoms with Crippen LogP contribution < -0.4 is 0 Å². The molecule has 1 fully saturated rings. The van der Waals surface area contributed by atoms with Crippen molar-refractivity contribution < 1.29 is 14.4 Å². The van der Waals surface area contributed by atoms with Gasteiger partial charge in [-0.05, 0) is 18.8 Å². The largest absolute Gasteiger partial charge is 0.394 e. The first-order valence-electron chi connectivity index (χ1n) is 7.43. The van der Waals surface area contributed by atoms with Gasteiger partial charge in [-0.15, -0.1) is 0 Å². The molecule has 0 amide bonds. The third-order valence-corrected chi connectivity index (χ3v) is 3.44. The van der Waals surface area contributed by atoms with Gasteiger partial charge in [-0.2, -0.15) is 4.98 Å². The summed E-state index contributed by atoms with van der Waals surface area (Å²) in [5, 5.41) is 12.8. The molecule has 1 N–H and O–H groups in total. The quantitative estimate of drug-likeness (QED) is 0.812. The molecule has 1 aliphatic heterocycles. The molecular formula is C14H25N3O3. The standard InChI is InChI=1S/C14H25N3O3/c1-11(2)9-13-15-14(20-16-13)10-17-5-3-12(4-6-17)19-8-7-18/h11-12,18H,3-10H2,1-2H3. The number of nitrogens with zero attached hydrogens (tertiary/aromatic N) is 3. The van der Waals surface area contributed by atoms with Gasteiger partial charge in [-0.25, -0.2) is 0 Å². The Hall–Kier alpha value is -0.980. The van der Waals surface area contributed by atoms with Crippen molar-refractivity contribution in [3.05, 3.63) is 11.7 Å². The van der Waals surface area contributed by atoms with Crippen LogP contribution in [0.2, 0.25) is 0 Å². The Kier molecular flexibility index (Phi) is 5.94. The van der Waals surface area contributed by atoms with Crippen LogP contribution in [0.25, 0.3) is 0 Å². The molecule has 6 nitrogen and oxygen atoms in total. The van der Waals surface area contributed by atoms with Gasteiger partial charge in [0.15, 0.2) is 5.82 Å². The molecule has 114 valence electrons. The van der Waals surface area contributed by atoms with Crippen LogP contribution in [-0.4, -0.2) is 52.6 Å². The van der Waals surface area contributed by atoms with Crippen LogP contribution in [-0.2, 0) is 17.7 Å². The summed E-state index contributed by atoms with van der Waals surface area (Å²) in [6.45, 7) is 7.49. The number of piperidine rings is 1. The number of aliphatic hydroxyl groups is 1. The molecule has 1 saturated heterocycles. The molecule has 1 aliphatic rings. The lowest BCUT2D eigenvalue weighted by Crippen LogP contribution is -2.37. The van der Waals surface area contributed by atoms with Crippen LogP contribution in [0.4, 0.5) is 0 Å². The lowest BCUT2D eigenvalue weighted by Gasteiger charge is -2.30. The number of hydrogen-bond donors (Lipinski definition) is 1. The molecule has 6 heteroatoms. The van der Waals surface area contributed by atoms with Gasteiger partial charge in [0.1, 0.15) is 0 Å². The van der Waals surface area contributed by atoms with Gasteiger partial charge in [0.2, 0.25) is 5.89 Å². The van der Waals surface area contributed by atoms with Gasteiger partial charge < -0.3 is 14.4 Å². The van der Waals surface area contributed by atoms with Crippen LogP contribution in [0.15, 0.2) is 4.52 Å². The predicted molar refractivity (Wildman–Crippen MR) is 74.2 cm³/mol. The summed E-state index contributed by atoms with van der Waals surface area (Å²) in [5.74, 6) is 2.05. The Morgan fingerprint density at radius 1 is 1.40 bits per heavy atom. The van der Waals surface area contributed by atoms with E-state index in [1.807, 2.05) is 0 Å². The molecule has 0 saturated carbocycles. The normalized spacial score (nSPS) is 18.0. The first-order chi connectivity index (χ1) is 9.67. The van der Waals surface area contributed by atoms with E-state index in [0.717, 1.165) is 44.7 Å². The van der Waals surface area contributed by atoms with Crippen molar-refractivity contribution in [3.63, 3.8) is 0 Å². The van der Waals surface area contributed by atoms with Crippen molar-refractivity contribution in [2.75, 3.05) is 26.3 Å². The SMILES string of the molecule is CC(C)Cc1noc(CN2CCC(OCCO)CC2)n1. The number of ether oxygens (including phenoxy) is 1. The summed E-state index contributed by atoms with van der Waals surface area (Å²) in [4.78, 5) is 6.74. The summed E-state index contributed by atoms with van der Waals surface area (Å²) in [5.41, 5.74) is 0. The van der Waals surface area contributed by atoms with Crippen LogP contribution in [0.5, 0.6) is 0 Å². The molecule has 1 aromatic heterocycles. The summed E-state index contributed by atoms with van der Waals surface area (Å²) >= 11 is 0. The maximum absolute atomic E-state index is 8.75. The van der Waals surface area contributed by atoms with Crippen molar-refractivity contribution in [2.24, 2.45) is 5.92 Å². The Morgan fingerprint density at radius 2 is 2.15 bits per heavy atom. The predicted octanol–water partition coefficient (Wildman–Crippen LogP) is 1.24. The Morgan fingerprint density at radius 3 is 2.80 bits per heavy atom. The highest BCUT2D eigenvalue weighted by Gasteiger charge is 2.21. The van der Waals surface area contributed by atoms with E-state index in [-0.39, 0.29) is 12.7 Å². The third-order valence-electron chi connectivity index (χ3n) is 3.44. The number of likely N-dealkylation sites (tertiary alicyclic amines) is 1. The number of rotatable bonds is 7.